The van der Waals surface area contributed by atoms with Crippen LogP contribution >= 0.6 is 0 Å². The fourth-order valence-electron chi connectivity index (χ4n) is 1.83. The monoisotopic (exact) mass is 170 g/mol. The second kappa shape index (κ2) is 5.31. The van der Waals surface area contributed by atoms with Crippen LogP contribution < -0.4 is 0 Å². The van der Waals surface area contributed by atoms with Crippen LogP contribution in [0.2, 0.25) is 0 Å². The molecule has 0 amide bonds. The predicted molar refractivity (Wildman–Crippen MR) is 47.9 cm³/mol. The van der Waals surface area contributed by atoms with E-state index in [4.69, 9.17) is 0 Å². The van der Waals surface area contributed by atoms with Crippen LogP contribution in [0.3, 0.4) is 0 Å². The van der Waals surface area contributed by atoms with Gasteiger partial charge in [0.1, 0.15) is 6.29 Å². The molecule has 0 heterocycles. The van der Waals surface area contributed by atoms with Crippen molar-refractivity contribution in [3.63, 3.8) is 0 Å². The van der Waals surface area contributed by atoms with Crippen LogP contribution in [0.15, 0.2) is 0 Å². The van der Waals surface area contributed by atoms with Crippen molar-refractivity contribution in [1.82, 2.24) is 0 Å². The Balaban J connectivity index is 2.40. The van der Waals surface area contributed by atoms with Crippen LogP contribution in [0.25, 0.3) is 0 Å². The maximum atomic E-state index is 10.6. The number of carbonyl (C=O) groups excluding carboxylic acids is 1. The zero-order valence-electron chi connectivity index (χ0n) is 7.54. The molecule has 0 radical (unpaired) electrons. The third-order valence-electron chi connectivity index (χ3n) is 2.71. The van der Waals surface area contributed by atoms with Crippen LogP contribution in [0.4, 0.5) is 0 Å². The van der Waals surface area contributed by atoms with Crippen LogP contribution in [-0.2, 0) is 4.79 Å². The quantitative estimate of drug-likeness (QED) is 0.610. The highest BCUT2D eigenvalue weighted by Gasteiger charge is 2.18. The Labute approximate surface area is 74.0 Å². The molecule has 1 rings (SSSR count). The summed E-state index contributed by atoms with van der Waals surface area (Å²) in [6.07, 6.45) is 8.11. The number of hydrogen-bond donors (Lipinski definition) is 1. The average Bonchev–Trinajstić information content (AvgIpc) is 2.17. The molecule has 2 nitrogen and oxygen atoms in total. The maximum absolute atomic E-state index is 10.6. The van der Waals surface area contributed by atoms with Gasteiger partial charge < -0.3 is 9.90 Å². The van der Waals surface area contributed by atoms with Gasteiger partial charge in [-0.05, 0) is 12.8 Å². The normalized spacial score (nSPS) is 33.1. The summed E-state index contributed by atoms with van der Waals surface area (Å²) in [6.45, 7) is 0. The van der Waals surface area contributed by atoms with Gasteiger partial charge in [0.25, 0.3) is 0 Å². The summed E-state index contributed by atoms with van der Waals surface area (Å²) in [5.74, 6) is -0.0944. The summed E-state index contributed by atoms with van der Waals surface area (Å²) in [6, 6.07) is 0. The zero-order valence-corrected chi connectivity index (χ0v) is 7.54. The first-order chi connectivity index (χ1) is 5.84. The number of aldehydes is 1. The fraction of sp³-hybridized carbons (Fsp3) is 0.900. The molecule has 12 heavy (non-hydrogen) atoms. The van der Waals surface area contributed by atoms with E-state index in [1.54, 1.807) is 0 Å². The largest absolute Gasteiger partial charge is 0.392 e. The number of rotatable bonds is 1. The molecule has 0 saturated heterocycles. The summed E-state index contributed by atoms with van der Waals surface area (Å²) < 4.78 is 0. The maximum Gasteiger partial charge on any atom is 0.125 e. The van der Waals surface area contributed by atoms with Crippen molar-refractivity contribution in [1.29, 1.82) is 0 Å². The van der Waals surface area contributed by atoms with Gasteiger partial charge in [-0.15, -0.1) is 0 Å². The molecule has 2 atom stereocenters. The molecular weight excluding hydrogens is 152 g/mol. The van der Waals surface area contributed by atoms with Crippen molar-refractivity contribution in [3.8, 4) is 0 Å². The Hall–Kier alpha value is -0.370. The van der Waals surface area contributed by atoms with Crippen molar-refractivity contribution < 1.29 is 9.90 Å². The Morgan fingerprint density at radius 3 is 2.25 bits per heavy atom. The van der Waals surface area contributed by atoms with Crippen molar-refractivity contribution in [2.45, 2.75) is 51.0 Å². The van der Waals surface area contributed by atoms with Gasteiger partial charge in [-0.25, -0.2) is 0 Å². The van der Waals surface area contributed by atoms with Gasteiger partial charge >= 0.3 is 0 Å². The lowest BCUT2D eigenvalue weighted by Gasteiger charge is -2.15. The molecule has 1 aliphatic carbocycles. The fourth-order valence-corrected chi connectivity index (χ4v) is 1.83. The van der Waals surface area contributed by atoms with E-state index < -0.39 is 0 Å². The highest BCUT2D eigenvalue weighted by molar-refractivity contribution is 5.54. The summed E-state index contributed by atoms with van der Waals surface area (Å²) in [5, 5.41) is 9.57. The lowest BCUT2D eigenvalue weighted by atomic mass is 9.96. The van der Waals surface area contributed by atoms with Gasteiger partial charge in [0.15, 0.2) is 0 Å². The molecule has 0 spiro atoms. The summed E-state index contributed by atoms with van der Waals surface area (Å²) in [7, 11) is 0. The van der Waals surface area contributed by atoms with Gasteiger partial charge in [0.05, 0.1) is 6.10 Å². The molecule has 1 N–H and O–H groups in total. The molecule has 1 aliphatic rings. The minimum absolute atomic E-state index is 0.0944. The van der Waals surface area contributed by atoms with E-state index in [0.29, 0.717) is 0 Å². The van der Waals surface area contributed by atoms with Crippen LogP contribution in [0, 0.1) is 5.92 Å². The van der Waals surface area contributed by atoms with E-state index in [-0.39, 0.29) is 12.0 Å². The molecule has 0 aromatic carbocycles. The van der Waals surface area contributed by atoms with E-state index in [1.807, 2.05) is 0 Å². The molecule has 0 aliphatic heterocycles. The van der Waals surface area contributed by atoms with Crippen molar-refractivity contribution in [3.05, 3.63) is 0 Å². The van der Waals surface area contributed by atoms with Crippen molar-refractivity contribution >= 4 is 6.29 Å². The molecule has 2 heteroatoms. The highest BCUT2D eigenvalue weighted by atomic mass is 16.3. The first-order valence-corrected chi connectivity index (χ1v) is 4.98. The summed E-state index contributed by atoms with van der Waals surface area (Å²) >= 11 is 0. The molecule has 1 saturated carbocycles. The van der Waals surface area contributed by atoms with E-state index >= 15 is 0 Å². The number of carbonyl (C=O) groups is 1. The Morgan fingerprint density at radius 2 is 1.58 bits per heavy atom. The van der Waals surface area contributed by atoms with Gasteiger partial charge in [0, 0.05) is 5.92 Å². The van der Waals surface area contributed by atoms with Crippen molar-refractivity contribution in [2.75, 3.05) is 0 Å². The SMILES string of the molecule is O=CC1CCCCCCCC1O. The van der Waals surface area contributed by atoms with E-state index in [1.165, 1.54) is 19.3 Å². The molecule has 0 bridgehead atoms. The highest BCUT2D eigenvalue weighted by Crippen LogP contribution is 2.20. The predicted octanol–water partition coefficient (Wildman–Crippen LogP) is 1.91. The lowest BCUT2D eigenvalue weighted by molar-refractivity contribution is -0.114. The van der Waals surface area contributed by atoms with Crippen LogP contribution in [0.1, 0.15) is 44.9 Å². The van der Waals surface area contributed by atoms with E-state index in [0.717, 1.165) is 32.0 Å². The minimum atomic E-state index is -0.374. The third-order valence-corrected chi connectivity index (χ3v) is 2.71. The summed E-state index contributed by atoms with van der Waals surface area (Å²) in [5.41, 5.74) is 0. The van der Waals surface area contributed by atoms with Gasteiger partial charge in [0.2, 0.25) is 0 Å². The minimum Gasteiger partial charge on any atom is -0.392 e. The number of hydrogen-bond acceptors (Lipinski definition) is 2. The summed E-state index contributed by atoms with van der Waals surface area (Å²) in [4.78, 5) is 10.6. The average molecular weight is 170 g/mol. The smallest absolute Gasteiger partial charge is 0.125 e. The van der Waals surface area contributed by atoms with Crippen LogP contribution in [0.5, 0.6) is 0 Å². The number of aliphatic hydroxyl groups is 1. The second-order valence-electron chi connectivity index (χ2n) is 3.71. The van der Waals surface area contributed by atoms with Crippen LogP contribution in [-0.4, -0.2) is 17.5 Å². The topological polar surface area (TPSA) is 37.3 Å². The molecule has 2 unspecified atom stereocenters. The Bertz CT molecular complexity index is 134. The third kappa shape index (κ3) is 2.94. The second-order valence-corrected chi connectivity index (χ2v) is 3.71. The zero-order chi connectivity index (χ0) is 8.81. The Kier molecular flexibility index (Phi) is 4.30. The molecule has 70 valence electrons. The Morgan fingerprint density at radius 1 is 1.00 bits per heavy atom. The lowest BCUT2D eigenvalue weighted by Crippen LogP contribution is -2.21. The molecule has 0 aromatic heterocycles. The van der Waals surface area contributed by atoms with E-state index in [9.17, 15) is 9.90 Å². The first kappa shape index (κ1) is 9.72. The molecular formula is C10H18O2. The number of aliphatic hydroxyl groups excluding tert-OH is 1. The molecule has 0 aromatic rings. The van der Waals surface area contributed by atoms with Crippen molar-refractivity contribution in [2.24, 2.45) is 5.92 Å². The standard InChI is InChI=1S/C10H18O2/c11-8-9-6-4-2-1-3-5-7-10(9)12/h8-10,12H,1-7H2. The van der Waals surface area contributed by atoms with Gasteiger partial charge in [-0.2, -0.15) is 0 Å². The first-order valence-electron chi connectivity index (χ1n) is 4.98. The molecule has 1 fully saturated rings. The van der Waals surface area contributed by atoms with Gasteiger partial charge in [-0.1, -0.05) is 32.1 Å². The van der Waals surface area contributed by atoms with Gasteiger partial charge in [-0.3, -0.25) is 0 Å². The van der Waals surface area contributed by atoms with E-state index in [2.05, 4.69) is 0 Å².